The second-order valence-corrected chi connectivity index (χ2v) is 7.68. The SMILES string of the molecule is CCNCc1ccc(OC)c(S(=O)(=O)NCC(C)SC)c1. The van der Waals surface area contributed by atoms with Gasteiger partial charge in [0.2, 0.25) is 10.0 Å². The molecule has 0 radical (unpaired) electrons. The maximum absolute atomic E-state index is 12.4. The van der Waals surface area contributed by atoms with Crippen LogP contribution >= 0.6 is 11.8 Å². The van der Waals surface area contributed by atoms with Crippen molar-refractivity contribution in [3.8, 4) is 5.75 Å². The Labute approximate surface area is 131 Å². The number of methoxy groups -OCH3 is 1. The van der Waals surface area contributed by atoms with Crippen LogP contribution in [0.2, 0.25) is 0 Å². The summed E-state index contributed by atoms with van der Waals surface area (Å²) in [7, 11) is -2.10. The molecule has 0 amide bonds. The van der Waals surface area contributed by atoms with Gasteiger partial charge in [-0.05, 0) is 30.5 Å². The summed E-state index contributed by atoms with van der Waals surface area (Å²) in [5.74, 6) is 0.361. The largest absolute Gasteiger partial charge is 0.495 e. The Balaban J connectivity index is 3.01. The minimum absolute atomic E-state index is 0.189. The maximum Gasteiger partial charge on any atom is 0.244 e. The monoisotopic (exact) mass is 332 g/mol. The Morgan fingerprint density at radius 2 is 2.10 bits per heavy atom. The Kier molecular flexibility index (Phi) is 7.51. The van der Waals surface area contributed by atoms with Crippen LogP contribution in [0, 0.1) is 0 Å². The van der Waals surface area contributed by atoms with Crippen LogP contribution in [0.5, 0.6) is 5.75 Å². The molecule has 0 aliphatic carbocycles. The van der Waals surface area contributed by atoms with Crippen molar-refractivity contribution in [2.45, 2.75) is 30.5 Å². The van der Waals surface area contributed by atoms with E-state index >= 15 is 0 Å². The van der Waals surface area contributed by atoms with Crippen LogP contribution in [0.4, 0.5) is 0 Å². The third kappa shape index (κ3) is 5.50. The predicted molar refractivity (Wildman–Crippen MR) is 88.5 cm³/mol. The molecule has 1 unspecified atom stereocenters. The molecular formula is C14H24N2O3S2. The summed E-state index contributed by atoms with van der Waals surface area (Å²) in [6.45, 7) is 5.84. The molecule has 21 heavy (non-hydrogen) atoms. The van der Waals surface area contributed by atoms with Crippen LogP contribution in [-0.4, -0.2) is 40.1 Å². The van der Waals surface area contributed by atoms with E-state index in [1.54, 1.807) is 23.9 Å². The number of ether oxygens (including phenoxy) is 1. The maximum atomic E-state index is 12.4. The van der Waals surface area contributed by atoms with Gasteiger partial charge in [0.25, 0.3) is 0 Å². The fraction of sp³-hybridized carbons (Fsp3) is 0.571. The van der Waals surface area contributed by atoms with E-state index in [0.29, 0.717) is 18.8 Å². The van der Waals surface area contributed by atoms with Crippen molar-refractivity contribution >= 4 is 21.8 Å². The quantitative estimate of drug-likeness (QED) is 0.722. The van der Waals surface area contributed by atoms with E-state index < -0.39 is 10.0 Å². The number of hydrogen-bond acceptors (Lipinski definition) is 5. The fourth-order valence-corrected chi connectivity index (χ4v) is 3.40. The number of sulfonamides is 1. The molecule has 0 aromatic heterocycles. The van der Waals surface area contributed by atoms with Gasteiger partial charge < -0.3 is 10.1 Å². The molecule has 2 N–H and O–H groups in total. The lowest BCUT2D eigenvalue weighted by Crippen LogP contribution is -2.30. The Bertz CT molecular complexity index is 547. The molecule has 0 spiro atoms. The normalized spacial score (nSPS) is 13.1. The Morgan fingerprint density at radius 3 is 2.67 bits per heavy atom. The molecule has 7 heteroatoms. The zero-order chi connectivity index (χ0) is 15.9. The van der Waals surface area contributed by atoms with Crippen LogP contribution < -0.4 is 14.8 Å². The summed E-state index contributed by atoms with van der Waals surface area (Å²) in [4.78, 5) is 0.189. The lowest BCUT2D eigenvalue weighted by atomic mass is 10.2. The first kappa shape index (κ1) is 18.3. The number of rotatable bonds is 9. The van der Waals surface area contributed by atoms with Gasteiger partial charge in [-0.2, -0.15) is 11.8 Å². The third-order valence-electron chi connectivity index (χ3n) is 3.06. The standard InChI is InChI=1S/C14H24N2O3S2/c1-5-15-10-12-6-7-13(19-3)14(8-12)21(17,18)16-9-11(2)20-4/h6-8,11,15-16H,5,9-10H2,1-4H3. The third-order valence-corrected chi connectivity index (χ3v) is 5.48. The van der Waals surface area contributed by atoms with Gasteiger partial charge in [-0.15, -0.1) is 0 Å². The molecule has 0 aliphatic rings. The van der Waals surface area contributed by atoms with E-state index in [-0.39, 0.29) is 10.1 Å². The van der Waals surface area contributed by atoms with Gasteiger partial charge in [-0.3, -0.25) is 0 Å². The highest BCUT2D eigenvalue weighted by Gasteiger charge is 2.20. The smallest absolute Gasteiger partial charge is 0.244 e. The highest BCUT2D eigenvalue weighted by Crippen LogP contribution is 2.25. The lowest BCUT2D eigenvalue weighted by molar-refractivity contribution is 0.402. The molecule has 120 valence electrons. The van der Waals surface area contributed by atoms with Crippen LogP contribution in [0.15, 0.2) is 23.1 Å². The molecule has 1 rings (SSSR count). The van der Waals surface area contributed by atoms with E-state index in [0.717, 1.165) is 12.1 Å². The van der Waals surface area contributed by atoms with E-state index in [9.17, 15) is 8.42 Å². The summed E-state index contributed by atoms with van der Waals surface area (Å²) in [6.07, 6.45) is 1.95. The van der Waals surface area contributed by atoms with Gasteiger partial charge >= 0.3 is 0 Å². The zero-order valence-corrected chi connectivity index (χ0v) is 14.6. The van der Waals surface area contributed by atoms with Gasteiger partial charge in [-0.1, -0.05) is 19.9 Å². The first-order valence-corrected chi connectivity index (χ1v) is 9.61. The van der Waals surface area contributed by atoms with E-state index in [4.69, 9.17) is 4.74 Å². The summed E-state index contributed by atoms with van der Waals surface area (Å²) >= 11 is 1.62. The average Bonchev–Trinajstić information content (AvgIpc) is 2.50. The van der Waals surface area contributed by atoms with Crippen molar-refractivity contribution in [2.75, 3.05) is 26.5 Å². The van der Waals surface area contributed by atoms with Crippen LogP contribution in [-0.2, 0) is 16.6 Å². The molecular weight excluding hydrogens is 308 g/mol. The number of thioether (sulfide) groups is 1. The fourth-order valence-electron chi connectivity index (χ4n) is 1.70. The van der Waals surface area contributed by atoms with Gasteiger partial charge in [-0.25, -0.2) is 13.1 Å². The molecule has 0 saturated carbocycles. The first-order chi connectivity index (χ1) is 9.94. The molecule has 0 aliphatic heterocycles. The topological polar surface area (TPSA) is 67.4 Å². The van der Waals surface area contributed by atoms with Crippen molar-refractivity contribution in [1.29, 1.82) is 0 Å². The second kappa shape index (κ2) is 8.63. The van der Waals surface area contributed by atoms with Crippen molar-refractivity contribution in [2.24, 2.45) is 0 Å². The number of benzene rings is 1. The second-order valence-electron chi connectivity index (χ2n) is 4.66. The molecule has 0 fully saturated rings. The van der Waals surface area contributed by atoms with Crippen LogP contribution in [0.1, 0.15) is 19.4 Å². The lowest BCUT2D eigenvalue weighted by Gasteiger charge is -2.14. The molecule has 1 atom stereocenters. The van der Waals surface area contributed by atoms with E-state index in [1.165, 1.54) is 7.11 Å². The zero-order valence-electron chi connectivity index (χ0n) is 13.0. The van der Waals surface area contributed by atoms with E-state index in [1.807, 2.05) is 26.2 Å². The Hall–Kier alpha value is -0.760. The highest BCUT2D eigenvalue weighted by molar-refractivity contribution is 7.99. The molecule has 0 saturated heterocycles. The first-order valence-electron chi connectivity index (χ1n) is 6.84. The molecule has 0 bridgehead atoms. The average molecular weight is 332 g/mol. The minimum atomic E-state index is -3.57. The molecule has 0 heterocycles. The summed E-state index contributed by atoms with van der Waals surface area (Å²) in [6, 6.07) is 5.22. The van der Waals surface area contributed by atoms with Gasteiger partial charge in [0.15, 0.2) is 0 Å². The van der Waals surface area contributed by atoms with Crippen molar-refractivity contribution in [1.82, 2.24) is 10.0 Å². The molecule has 1 aromatic rings. The van der Waals surface area contributed by atoms with Gasteiger partial charge in [0.05, 0.1) is 7.11 Å². The van der Waals surface area contributed by atoms with Gasteiger partial charge in [0, 0.05) is 18.3 Å². The summed E-state index contributed by atoms with van der Waals surface area (Å²) in [5.41, 5.74) is 0.913. The van der Waals surface area contributed by atoms with Gasteiger partial charge in [0.1, 0.15) is 10.6 Å². The Morgan fingerprint density at radius 1 is 1.38 bits per heavy atom. The predicted octanol–water partition coefficient (Wildman–Crippen LogP) is 1.83. The van der Waals surface area contributed by atoms with Crippen molar-refractivity contribution < 1.29 is 13.2 Å². The van der Waals surface area contributed by atoms with Crippen LogP contribution in [0.25, 0.3) is 0 Å². The number of hydrogen-bond donors (Lipinski definition) is 2. The van der Waals surface area contributed by atoms with Crippen molar-refractivity contribution in [3.05, 3.63) is 23.8 Å². The summed E-state index contributed by atoms with van der Waals surface area (Å²) < 4.78 is 32.7. The minimum Gasteiger partial charge on any atom is -0.495 e. The molecule has 5 nitrogen and oxygen atoms in total. The molecule has 1 aromatic carbocycles. The summed E-state index contributed by atoms with van der Waals surface area (Å²) in [5, 5.41) is 3.40. The highest BCUT2D eigenvalue weighted by atomic mass is 32.2. The van der Waals surface area contributed by atoms with E-state index in [2.05, 4.69) is 10.0 Å². The number of nitrogens with one attached hydrogen (secondary N) is 2. The van der Waals surface area contributed by atoms with Crippen LogP contribution in [0.3, 0.4) is 0 Å². The van der Waals surface area contributed by atoms with Crippen molar-refractivity contribution in [3.63, 3.8) is 0 Å².